The summed E-state index contributed by atoms with van der Waals surface area (Å²) in [6.07, 6.45) is 0. The van der Waals surface area contributed by atoms with Crippen LogP contribution in [0.2, 0.25) is 0 Å². The van der Waals surface area contributed by atoms with E-state index in [9.17, 15) is 4.79 Å². The number of rotatable bonds is 7. The number of likely N-dealkylation sites (N-methyl/N-ethyl adjacent to an activating group) is 1. The van der Waals surface area contributed by atoms with Gasteiger partial charge in [0.25, 0.3) is 5.91 Å². The van der Waals surface area contributed by atoms with Gasteiger partial charge in [-0.3, -0.25) is 4.79 Å². The molecule has 0 aliphatic rings. The number of quaternary nitrogens is 1. The Morgan fingerprint density at radius 1 is 1.08 bits per heavy atom. The molecule has 2 rings (SSSR count). The highest BCUT2D eigenvalue weighted by Gasteiger charge is 2.11. The monoisotopic (exact) mass is 343 g/mol. The lowest BCUT2D eigenvalue weighted by Gasteiger charge is -2.15. The zero-order valence-corrected chi connectivity index (χ0v) is 15.8. The summed E-state index contributed by atoms with van der Waals surface area (Å²) in [5, 5.41) is 3.03. The van der Waals surface area contributed by atoms with E-state index in [2.05, 4.69) is 56.5 Å². The van der Waals surface area contributed by atoms with Crippen molar-refractivity contribution in [3.05, 3.63) is 59.2 Å². The van der Waals surface area contributed by atoms with Gasteiger partial charge < -0.3 is 10.2 Å². The number of carbonyl (C=O) groups excluding carboxylic acids is 1. The zero-order valence-electron chi connectivity index (χ0n) is 15.0. The summed E-state index contributed by atoms with van der Waals surface area (Å²) in [7, 11) is 2.07. The smallest absolute Gasteiger partial charge is 0.279 e. The number of anilines is 1. The summed E-state index contributed by atoms with van der Waals surface area (Å²) < 4.78 is 0. The Morgan fingerprint density at radius 3 is 2.50 bits per heavy atom. The van der Waals surface area contributed by atoms with Crippen molar-refractivity contribution in [2.75, 3.05) is 31.2 Å². The highest BCUT2D eigenvalue weighted by molar-refractivity contribution is 7.99. The van der Waals surface area contributed by atoms with Gasteiger partial charge in [0.1, 0.15) is 0 Å². The van der Waals surface area contributed by atoms with Crippen molar-refractivity contribution >= 4 is 23.4 Å². The van der Waals surface area contributed by atoms with Gasteiger partial charge in [0.15, 0.2) is 6.54 Å². The van der Waals surface area contributed by atoms with Crippen LogP contribution >= 0.6 is 11.8 Å². The van der Waals surface area contributed by atoms with Crippen LogP contribution in [-0.4, -0.2) is 31.8 Å². The number of thioether (sulfide) groups is 1. The SMILES string of the molecule is Cc1ccc(SCC[NH+](C)CC(=O)Nc2cccc(C)c2C)cc1. The van der Waals surface area contributed by atoms with E-state index in [1.807, 2.05) is 30.8 Å². The van der Waals surface area contributed by atoms with Crippen LogP contribution in [0.5, 0.6) is 0 Å². The van der Waals surface area contributed by atoms with Crippen LogP contribution in [-0.2, 0) is 4.79 Å². The Bertz CT molecular complexity index is 683. The normalized spacial score (nSPS) is 12.0. The molecule has 0 fully saturated rings. The molecule has 2 N–H and O–H groups in total. The van der Waals surface area contributed by atoms with Gasteiger partial charge in [0, 0.05) is 16.3 Å². The third-order valence-electron chi connectivity index (χ3n) is 4.16. The maximum Gasteiger partial charge on any atom is 0.279 e. The molecule has 1 atom stereocenters. The summed E-state index contributed by atoms with van der Waals surface area (Å²) in [4.78, 5) is 14.7. The number of carbonyl (C=O) groups is 1. The number of amides is 1. The van der Waals surface area contributed by atoms with Gasteiger partial charge in [0.2, 0.25) is 0 Å². The van der Waals surface area contributed by atoms with E-state index in [1.165, 1.54) is 20.9 Å². The van der Waals surface area contributed by atoms with Crippen molar-refractivity contribution in [3.63, 3.8) is 0 Å². The molecule has 0 aliphatic heterocycles. The highest BCUT2D eigenvalue weighted by atomic mass is 32.2. The van der Waals surface area contributed by atoms with E-state index in [-0.39, 0.29) is 5.91 Å². The van der Waals surface area contributed by atoms with Crippen LogP contribution in [0.1, 0.15) is 16.7 Å². The standard InChI is InChI=1S/C20H26N2OS/c1-15-8-10-18(11-9-15)24-13-12-22(4)14-20(23)21-19-7-5-6-16(2)17(19)3/h5-11H,12-14H2,1-4H3,(H,21,23)/p+1. The van der Waals surface area contributed by atoms with Crippen molar-refractivity contribution in [2.24, 2.45) is 0 Å². The summed E-state index contributed by atoms with van der Waals surface area (Å²) in [5.74, 6) is 1.08. The van der Waals surface area contributed by atoms with E-state index in [1.54, 1.807) is 0 Å². The largest absolute Gasteiger partial charge is 0.329 e. The topological polar surface area (TPSA) is 33.5 Å². The lowest BCUT2D eigenvalue weighted by atomic mass is 10.1. The number of hydrogen-bond donors (Lipinski definition) is 2. The molecular formula is C20H27N2OS+. The maximum atomic E-state index is 12.2. The molecule has 4 heteroatoms. The molecule has 0 saturated heterocycles. The second-order valence-corrected chi connectivity index (χ2v) is 7.51. The van der Waals surface area contributed by atoms with Gasteiger partial charge in [-0.2, -0.15) is 0 Å². The van der Waals surface area contributed by atoms with Crippen LogP contribution in [0, 0.1) is 20.8 Å². The van der Waals surface area contributed by atoms with Gasteiger partial charge in [-0.1, -0.05) is 29.8 Å². The van der Waals surface area contributed by atoms with Crippen molar-refractivity contribution < 1.29 is 9.69 Å². The van der Waals surface area contributed by atoms with Gasteiger partial charge in [-0.15, -0.1) is 11.8 Å². The Kier molecular flexibility index (Phi) is 6.88. The zero-order chi connectivity index (χ0) is 17.5. The predicted molar refractivity (Wildman–Crippen MR) is 103 cm³/mol. The van der Waals surface area contributed by atoms with Crippen LogP contribution in [0.3, 0.4) is 0 Å². The highest BCUT2D eigenvalue weighted by Crippen LogP contribution is 2.18. The van der Waals surface area contributed by atoms with Gasteiger partial charge >= 0.3 is 0 Å². The molecule has 24 heavy (non-hydrogen) atoms. The first-order valence-electron chi connectivity index (χ1n) is 8.32. The van der Waals surface area contributed by atoms with Crippen LogP contribution in [0.4, 0.5) is 5.69 Å². The van der Waals surface area contributed by atoms with E-state index < -0.39 is 0 Å². The average molecular weight is 344 g/mol. The average Bonchev–Trinajstić information content (AvgIpc) is 2.53. The van der Waals surface area contributed by atoms with E-state index in [4.69, 9.17) is 0 Å². The fourth-order valence-electron chi connectivity index (χ4n) is 2.42. The molecule has 0 spiro atoms. The minimum absolute atomic E-state index is 0.0709. The fourth-order valence-corrected chi connectivity index (χ4v) is 3.44. The molecule has 0 aromatic heterocycles. The second-order valence-electron chi connectivity index (χ2n) is 6.34. The molecule has 1 unspecified atom stereocenters. The fraction of sp³-hybridized carbons (Fsp3) is 0.350. The number of nitrogens with one attached hydrogen (secondary N) is 2. The van der Waals surface area contributed by atoms with Crippen LogP contribution in [0.15, 0.2) is 47.4 Å². The minimum Gasteiger partial charge on any atom is -0.329 e. The molecule has 0 aliphatic carbocycles. The predicted octanol–water partition coefficient (Wildman–Crippen LogP) is 2.86. The molecule has 0 radical (unpaired) electrons. The van der Waals surface area contributed by atoms with Gasteiger partial charge in [-0.25, -0.2) is 0 Å². The third kappa shape index (κ3) is 5.69. The lowest BCUT2D eigenvalue weighted by Crippen LogP contribution is -3.10. The molecule has 0 heterocycles. The van der Waals surface area contributed by atoms with E-state index >= 15 is 0 Å². The number of aryl methyl sites for hydroxylation is 2. The minimum atomic E-state index is 0.0709. The third-order valence-corrected chi connectivity index (χ3v) is 5.17. The molecule has 128 valence electrons. The van der Waals surface area contributed by atoms with Crippen molar-refractivity contribution in [1.82, 2.24) is 0 Å². The number of benzene rings is 2. The first kappa shape index (κ1) is 18.6. The Labute approximate surface area is 149 Å². The quantitative estimate of drug-likeness (QED) is 0.758. The lowest BCUT2D eigenvalue weighted by molar-refractivity contribution is -0.868. The summed E-state index contributed by atoms with van der Waals surface area (Å²) >= 11 is 1.84. The van der Waals surface area contributed by atoms with Crippen molar-refractivity contribution in [3.8, 4) is 0 Å². The molecular weight excluding hydrogens is 316 g/mol. The second kappa shape index (κ2) is 8.90. The Hall–Kier alpha value is -1.78. The van der Waals surface area contributed by atoms with Crippen LogP contribution < -0.4 is 10.2 Å². The molecule has 0 saturated carbocycles. The molecule has 2 aromatic carbocycles. The maximum absolute atomic E-state index is 12.2. The van der Waals surface area contributed by atoms with Crippen molar-refractivity contribution in [2.45, 2.75) is 25.7 Å². The summed E-state index contributed by atoms with van der Waals surface area (Å²) in [6.45, 7) is 7.64. The summed E-state index contributed by atoms with van der Waals surface area (Å²) in [6, 6.07) is 14.6. The van der Waals surface area contributed by atoms with E-state index in [0.29, 0.717) is 6.54 Å². The molecule has 2 aromatic rings. The number of hydrogen-bond acceptors (Lipinski definition) is 2. The van der Waals surface area contributed by atoms with E-state index in [0.717, 1.165) is 23.5 Å². The summed E-state index contributed by atoms with van der Waals surface area (Å²) in [5.41, 5.74) is 4.54. The van der Waals surface area contributed by atoms with Gasteiger partial charge in [-0.05, 0) is 50.1 Å². The Balaban J connectivity index is 1.75. The molecule has 1 amide bonds. The Morgan fingerprint density at radius 2 is 1.79 bits per heavy atom. The molecule has 3 nitrogen and oxygen atoms in total. The van der Waals surface area contributed by atoms with Crippen LogP contribution in [0.25, 0.3) is 0 Å². The molecule has 0 bridgehead atoms. The first-order valence-corrected chi connectivity index (χ1v) is 9.31. The van der Waals surface area contributed by atoms with Gasteiger partial charge in [0.05, 0.1) is 13.6 Å². The first-order chi connectivity index (χ1) is 11.5. The van der Waals surface area contributed by atoms with Crippen molar-refractivity contribution in [1.29, 1.82) is 0 Å².